The standard InChI is InChI=1S/C5H8BrN/c1-3-5(6)7-4-2/h3-4H,1-2H3/b5-3-,7-4?. The molecule has 0 saturated heterocycles. The van der Waals surface area contributed by atoms with Crippen LogP contribution >= 0.6 is 15.9 Å². The average Bonchev–Trinajstić information content (AvgIpc) is 1.68. The third kappa shape index (κ3) is 3.73. The van der Waals surface area contributed by atoms with Gasteiger partial charge in [0.2, 0.25) is 0 Å². The van der Waals surface area contributed by atoms with Gasteiger partial charge in [0.05, 0.1) is 0 Å². The molecular formula is C5H8BrN. The van der Waals surface area contributed by atoms with E-state index in [1.807, 2.05) is 19.9 Å². The third-order valence-electron chi connectivity index (χ3n) is 0.491. The molecule has 0 aliphatic carbocycles. The lowest BCUT2D eigenvalue weighted by molar-refractivity contribution is 1.50. The summed E-state index contributed by atoms with van der Waals surface area (Å²) < 4.78 is 0.884. The first-order chi connectivity index (χ1) is 3.31. The van der Waals surface area contributed by atoms with E-state index in [9.17, 15) is 0 Å². The fourth-order valence-corrected chi connectivity index (χ4v) is 0.403. The fraction of sp³-hybridized carbons (Fsp3) is 0.400. The van der Waals surface area contributed by atoms with Gasteiger partial charge >= 0.3 is 0 Å². The van der Waals surface area contributed by atoms with E-state index in [0.717, 1.165) is 4.61 Å². The zero-order valence-electron chi connectivity index (χ0n) is 4.48. The summed E-state index contributed by atoms with van der Waals surface area (Å²) in [4.78, 5) is 3.90. The van der Waals surface area contributed by atoms with E-state index in [2.05, 4.69) is 20.9 Å². The highest BCUT2D eigenvalue weighted by atomic mass is 79.9. The molecule has 40 valence electrons. The van der Waals surface area contributed by atoms with Crippen molar-refractivity contribution in [3.05, 3.63) is 10.7 Å². The highest BCUT2D eigenvalue weighted by molar-refractivity contribution is 9.11. The summed E-state index contributed by atoms with van der Waals surface area (Å²) in [6.45, 7) is 3.81. The quantitative estimate of drug-likeness (QED) is 0.414. The van der Waals surface area contributed by atoms with Crippen LogP contribution < -0.4 is 0 Å². The van der Waals surface area contributed by atoms with Crippen LogP contribution in [0.15, 0.2) is 15.7 Å². The Balaban J connectivity index is 3.58. The van der Waals surface area contributed by atoms with Crippen molar-refractivity contribution < 1.29 is 0 Å². The van der Waals surface area contributed by atoms with Crippen molar-refractivity contribution in [2.45, 2.75) is 13.8 Å². The van der Waals surface area contributed by atoms with Gasteiger partial charge in [-0.1, -0.05) is 6.08 Å². The van der Waals surface area contributed by atoms with Crippen LogP contribution in [-0.2, 0) is 0 Å². The van der Waals surface area contributed by atoms with Crippen LogP contribution in [0.25, 0.3) is 0 Å². The lowest BCUT2D eigenvalue weighted by Crippen LogP contribution is -1.59. The van der Waals surface area contributed by atoms with E-state index in [0.29, 0.717) is 0 Å². The molecule has 0 atom stereocenters. The Kier molecular flexibility index (Phi) is 4.00. The Morgan fingerprint density at radius 1 is 1.57 bits per heavy atom. The molecular weight excluding hydrogens is 154 g/mol. The molecule has 0 bridgehead atoms. The summed E-state index contributed by atoms with van der Waals surface area (Å²) in [6, 6.07) is 0. The van der Waals surface area contributed by atoms with Gasteiger partial charge in [0.15, 0.2) is 0 Å². The summed E-state index contributed by atoms with van der Waals surface area (Å²) in [7, 11) is 0. The first-order valence-corrected chi connectivity index (χ1v) is 2.91. The van der Waals surface area contributed by atoms with Crippen molar-refractivity contribution in [3.8, 4) is 0 Å². The number of hydrogen-bond donors (Lipinski definition) is 0. The van der Waals surface area contributed by atoms with Crippen molar-refractivity contribution in [2.75, 3.05) is 0 Å². The second-order valence-electron chi connectivity index (χ2n) is 0.999. The van der Waals surface area contributed by atoms with E-state index in [1.165, 1.54) is 0 Å². The molecule has 0 aromatic heterocycles. The van der Waals surface area contributed by atoms with Crippen LogP contribution in [-0.4, -0.2) is 6.21 Å². The third-order valence-corrected chi connectivity index (χ3v) is 1.15. The monoisotopic (exact) mass is 161 g/mol. The molecule has 0 saturated carbocycles. The highest BCUT2D eigenvalue weighted by Crippen LogP contribution is 2.02. The Morgan fingerprint density at radius 3 is 2.29 bits per heavy atom. The number of nitrogens with zero attached hydrogens (tertiary/aromatic N) is 1. The van der Waals surface area contributed by atoms with Gasteiger partial charge in [-0.25, -0.2) is 0 Å². The highest BCUT2D eigenvalue weighted by Gasteiger charge is 1.73. The molecule has 1 nitrogen and oxygen atoms in total. The minimum atomic E-state index is 0.884. The van der Waals surface area contributed by atoms with Crippen LogP contribution in [0.4, 0.5) is 0 Å². The van der Waals surface area contributed by atoms with Crippen molar-refractivity contribution in [3.63, 3.8) is 0 Å². The largest absolute Gasteiger partial charge is 0.254 e. The number of hydrogen-bond acceptors (Lipinski definition) is 1. The molecule has 0 aromatic carbocycles. The molecule has 0 spiro atoms. The van der Waals surface area contributed by atoms with Crippen LogP contribution in [0.1, 0.15) is 13.8 Å². The molecule has 7 heavy (non-hydrogen) atoms. The van der Waals surface area contributed by atoms with Gasteiger partial charge in [-0.05, 0) is 29.8 Å². The maximum absolute atomic E-state index is 3.90. The molecule has 0 aliphatic heterocycles. The van der Waals surface area contributed by atoms with Crippen molar-refractivity contribution in [1.82, 2.24) is 0 Å². The molecule has 0 heterocycles. The number of aliphatic imine (C=N–C) groups is 1. The minimum absolute atomic E-state index is 0.884. The summed E-state index contributed by atoms with van der Waals surface area (Å²) in [5.41, 5.74) is 0. The Bertz CT molecular complexity index is 94.3. The minimum Gasteiger partial charge on any atom is -0.254 e. The predicted molar refractivity (Wildman–Crippen MR) is 36.9 cm³/mol. The molecule has 2 heteroatoms. The molecule has 0 unspecified atom stereocenters. The smallest absolute Gasteiger partial charge is 0.101 e. The van der Waals surface area contributed by atoms with Gasteiger partial charge in [0, 0.05) is 6.21 Å². The zero-order valence-corrected chi connectivity index (χ0v) is 6.07. The molecule has 0 fully saturated rings. The van der Waals surface area contributed by atoms with Crippen LogP contribution in [0.3, 0.4) is 0 Å². The normalized spacial score (nSPS) is 13.3. The maximum atomic E-state index is 3.90. The van der Waals surface area contributed by atoms with E-state index >= 15 is 0 Å². The molecule has 0 radical (unpaired) electrons. The first kappa shape index (κ1) is 6.89. The van der Waals surface area contributed by atoms with E-state index in [4.69, 9.17) is 0 Å². The fourth-order valence-electron chi connectivity index (χ4n) is 0.198. The van der Waals surface area contributed by atoms with Crippen molar-refractivity contribution in [1.29, 1.82) is 0 Å². The summed E-state index contributed by atoms with van der Waals surface area (Å²) >= 11 is 3.20. The van der Waals surface area contributed by atoms with Gasteiger partial charge in [0.25, 0.3) is 0 Å². The lowest BCUT2D eigenvalue weighted by Gasteiger charge is -1.79. The van der Waals surface area contributed by atoms with E-state index < -0.39 is 0 Å². The van der Waals surface area contributed by atoms with E-state index in [-0.39, 0.29) is 0 Å². The molecule has 0 amide bonds. The van der Waals surface area contributed by atoms with Gasteiger partial charge < -0.3 is 0 Å². The lowest BCUT2D eigenvalue weighted by atomic mass is 10.7. The zero-order chi connectivity index (χ0) is 5.70. The van der Waals surface area contributed by atoms with Crippen LogP contribution in [0, 0.1) is 0 Å². The topological polar surface area (TPSA) is 12.4 Å². The number of halogens is 1. The molecule has 0 aromatic rings. The second-order valence-corrected chi connectivity index (χ2v) is 1.81. The van der Waals surface area contributed by atoms with Gasteiger partial charge in [-0.3, -0.25) is 4.99 Å². The predicted octanol–water partition coefficient (Wildman–Crippen LogP) is 2.33. The van der Waals surface area contributed by atoms with Crippen LogP contribution in [0.2, 0.25) is 0 Å². The van der Waals surface area contributed by atoms with Crippen molar-refractivity contribution in [2.24, 2.45) is 4.99 Å². The Labute approximate surface area is 52.3 Å². The summed E-state index contributed by atoms with van der Waals surface area (Å²) in [5.74, 6) is 0. The molecule has 0 rings (SSSR count). The van der Waals surface area contributed by atoms with Gasteiger partial charge in [0.1, 0.15) is 4.61 Å². The molecule has 0 aliphatic rings. The first-order valence-electron chi connectivity index (χ1n) is 2.11. The van der Waals surface area contributed by atoms with Crippen LogP contribution in [0.5, 0.6) is 0 Å². The summed E-state index contributed by atoms with van der Waals surface area (Å²) in [5, 5.41) is 0. The number of allylic oxidation sites excluding steroid dienone is 1. The maximum Gasteiger partial charge on any atom is 0.101 e. The van der Waals surface area contributed by atoms with Gasteiger partial charge in [-0.2, -0.15) is 0 Å². The summed E-state index contributed by atoms with van der Waals surface area (Å²) in [6.07, 6.45) is 3.63. The van der Waals surface area contributed by atoms with Crippen molar-refractivity contribution >= 4 is 22.1 Å². The van der Waals surface area contributed by atoms with Gasteiger partial charge in [-0.15, -0.1) is 0 Å². The average molecular weight is 162 g/mol. The Morgan fingerprint density at radius 2 is 2.14 bits per heavy atom. The molecule has 0 N–H and O–H groups in total. The SMILES string of the molecule is CC=N/C(Br)=C\C. The second kappa shape index (κ2) is 4.06. The number of rotatable bonds is 1. The Hall–Kier alpha value is -0.110. The van der Waals surface area contributed by atoms with E-state index in [1.54, 1.807) is 6.21 Å².